The number of likely N-dealkylation sites (tertiary alicyclic amines) is 2. The van der Waals surface area contributed by atoms with E-state index in [1.807, 2.05) is 25.7 Å². The van der Waals surface area contributed by atoms with Gasteiger partial charge in [-0.25, -0.2) is 22.4 Å². The standard InChI is InChI=1S/C38H47ClF2N2O5.C19H20ClF2NO2.C18H25F3N2O4/c1-8-48-36(46)18-27(31-15-28(16-32(39)38(31)41)37-24(5)12-29(40)13-25(37)6)17-34(44)33(11-22(2)3)43-19-26(23(4)14-35(43)45)9-10-42-20-30(21-42)47-7;1-4-25-17(24)9-16(23)14-7-12(8-15(20)19(14)22)18-10(2)5-13(21)6-11(18)3;1-11(2)6-15(17(25)26)23-8-12(4-5-22-9-13(10-22)27-3)14(7-16(23)24)18(19,20)21/h12-16,19,22,27,30,33H,8-11,17-18,20-21H2,1-7H3;5-8,16H,4,9,23H2,1-3H3;7-8,11,13,15H,4-6,9-10H2,1-3H3,(H,25,26)/t27-,33?;16-;/m00./s1. The zero-order valence-corrected chi connectivity index (χ0v) is 60.5. The third-order valence-electron chi connectivity index (χ3n) is 17.9. The average molecular weight is 1440 g/mol. The highest BCUT2D eigenvalue weighted by Crippen LogP contribution is 2.40. The minimum Gasteiger partial charge on any atom is -0.480 e. The van der Waals surface area contributed by atoms with Gasteiger partial charge in [-0.15, -0.1) is 0 Å². The summed E-state index contributed by atoms with van der Waals surface area (Å²) in [5.74, 6) is -5.65. The number of ether oxygens (including phenoxy) is 4. The van der Waals surface area contributed by atoms with Crippen molar-refractivity contribution < 1.29 is 74.0 Å². The molecular formula is C75H92Cl2F7N5O11. The van der Waals surface area contributed by atoms with Crippen molar-refractivity contribution in [2.45, 2.75) is 164 Å². The van der Waals surface area contributed by atoms with Crippen LogP contribution in [0.1, 0.15) is 153 Å². The first-order valence-electron chi connectivity index (χ1n) is 33.4. The number of aliphatic carboxylic acids is 1. The van der Waals surface area contributed by atoms with Crippen molar-refractivity contribution in [3.8, 4) is 22.3 Å². The molecule has 0 aliphatic carbocycles. The van der Waals surface area contributed by atoms with Gasteiger partial charge in [-0.1, -0.05) is 50.9 Å². The van der Waals surface area contributed by atoms with E-state index in [0.29, 0.717) is 77.5 Å². The number of methoxy groups -OCH3 is 2. The van der Waals surface area contributed by atoms with Crippen LogP contribution in [0, 0.1) is 69.7 Å². The van der Waals surface area contributed by atoms with Gasteiger partial charge in [-0.05, 0) is 201 Å². The van der Waals surface area contributed by atoms with Crippen LogP contribution >= 0.6 is 23.2 Å². The smallest absolute Gasteiger partial charge is 0.416 e. The van der Waals surface area contributed by atoms with Crippen LogP contribution in [-0.4, -0.2) is 127 Å². The number of carboxylic acids is 1. The fourth-order valence-electron chi connectivity index (χ4n) is 12.8. The molecule has 0 amide bonds. The molecule has 0 saturated carbocycles. The van der Waals surface area contributed by atoms with E-state index < -0.39 is 70.9 Å². The van der Waals surface area contributed by atoms with Crippen LogP contribution in [0.25, 0.3) is 22.3 Å². The molecule has 2 aliphatic rings. The number of benzene rings is 4. The Kier molecular flexibility index (Phi) is 29.9. The van der Waals surface area contributed by atoms with Gasteiger partial charge in [-0.3, -0.25) is 33.8 Å². The molecule has 2 aliphatic heterocycles. The zero-order valence-electron chi connectivity index (χ0n) is 59.0. The van der Waals surface area contributed by atoms with Crippen molar-refractivity contribution in [2.75, 3.05) is 66.7 Å². The number of rotatable bonds is 28. The minimum absolute atomic E-state index is 0.0317. The summed E-state index contributed by atoms with van der Waals surface area (Å²) in [5, 5.41) is 9.16. The molecule has 0 bridgehead atoms. The first-order chi connectivity index (χ1) is 47.0. The molecular weight excluding hydrogens is 1350 g/mol. The highest BCUT2D eigenvalue weighted by molar-refractivity contribution is 6.31. The van der Waals surface area contributed by atoms with Gasteiger partial charge in [0, 0.05) is 102 Å². The highest BCUT2D eigenvalue weighted by atomic mass is 35.5. The SMILES string of the molecule is CCOC(=O)C[C@H](CC(=O)C(CC(C)C)n1cc(CCN2CC(OC)C2)c(C)cc1=O)c1cc(-c2c(C)cc(F)cc2C)cc(Cl)c1F.CCOC(=O)C[C@H](N)c1cc(-c2c(C)cc(F)cc2C)cc(Cl)c1F.COC1CN(CCc2cn(C(CC(C)C)C(=O)O)c(=O)cc2C(F)(F)F)C1. The number of hydrogen-bond donors (Lipinski definition) is 2. The number of aryl methyl sites for hydroxylation is 5. The molecule has 0 radical (unpaired) electrons. The van der Waals surface area contributed by atoms with Gasteiger partial charge in [0.05, 0.1) is 59.9 Å². The summed E-state index contributed by atoms with van der Waals surface area (Å²) in [7, 11) is 3.29. The van der Waals surface area contributed by atoms with Gasteiger partial charge >= 0.3 is 24.1 Å². The number of hydrogen-bond acceptors (Lipinski definition) is 13. The zero-order chi connectivity index (χ0) is 74.4. The van der Waals surface area contributed by atoms with Crippen molar-refractivity contribution >= 4 is 46.9 Å². The van der Waals surface area contributed by atoms with Gasteiger partial charge < -0.3 is 38.9 Å². The van der Waals surface area contributed by atoms with Crippen molar-refractivity contribution in [1.29, 1.82) is 0 Å². The Morgan fingerprint density at radius 3 is 1.43 bits per heavy atom. The predicted molar refractivity (Wildman–Crippen MR) is 372 cm³/mol. The quantitative estimate of drug-likeness (QED) is 0.0347. The number of ketones is 1. The number of carbonyl (C=O) groups excluding carboxylic acids is 3. The number of pyridine rings is 2. The molecule has 8 rings (SSSR count). The summed E-state index contributed by atoms with van der Waals surface area (Å²) in [6.45, 7) is 24.3. The topological polar surface area (TPSA) is 202 Å². The summed E-state index contributed by atoms with van der Waals surface area (Å²) in [6, 6.07) is 10.8. The van der Waals surface area contributed by atoms with Crippen LogP contribution in [0.4, 0.5) is 30.7 Å². The summed E-state index contributed by atoms with van der Waals surface area (Å²) < 4.78 is 121. The van der Waals surface area contributed by atoms with Gasteiger partial charge in [-0.2, -0.15) is 13.2 Å². The largest absolute Gasteiger partial charge is 0.480 e. The Balaban J connectivity index is 0.000000257. The van der Waals surface area contributed by atoms with E-state index in [-0.39, 0.29) is 119 Å². The van der Waals surface area contributed by atoms with Crippen molar-refractivity contribution in [3.63, 3.8) is 0 Å². The number of Topliss-reactive ketones (excluding diaryl/α,β-unsaturated/α-hetero) is 1. The van der Waals surface area contributed by atoms with Crippen LogP contribution in [0.5, 0.6) is 0 Å². The van der Waals surface area contributed by atoms with Crippen molar-refractivity contribution in [3.05, 3.63) is 183 Å². The lowest BCUT2D eigenvalue weighted by Crippen LogP contribution is -2.52. The Morgan fingerprint density at radius 1 is 0.580 bits per heavy atom. The molecule has 546 valence electrons. The molecule has 2 fully saturated rings. The monoisotopic (exact) mass is 1440 g/mol. The summed E-state index contributed by atoms with van der Waals surface area (Å²) in [5.41, 5.74) is 11.0. The van der Waals surface area contributed by atoms with E-state index in [9.17, 15) is 60.2 Å². The highest BCUT2D eigenvalue weighted by Gasteiger charge is 2.37. The molecule has 4 atom stereocenters. The fourth-order valence-corrected chi connectivity index (χ4v) is 13.2. The van der Waals surface area contributed by atoms with E-state index >= 15 is 4.39 Å². The van der Waals surface area contributed by atoms with Crippen molar-refractivity contribution in [1.82, 2.24) is 18.9 Å². The maximum atomic E-state index is 15.9. The Labute approximate surface area is 589 Å². The maximum Gasteiger partial charge on any atom is 0.416 e. The predicted octanol–water partition coefficient (Wildman–Crippen LogP) is 14.8. The number of carboxylic acid groups (broad SMARTS) is 1. The number of nitrogens with zero attached hydrogens (tertiary/aromatic N) is 4. The van der Waals surface area contributed by atoms with E-state index in [2.05, 4.69) is 4.90 Å². The van der Waals surface area contributed by atoms with E-state index in [0.717, 1.165) is 47.1 Å². The molecule has 4 aromatic carbocycles. The van der Waals surface area contributed by atoms with Crippen LogP contribution in [-0.2, 0) is 57.1 Å². The van der Waals surface area contributed by atoms with Crippen molar-refractivity contribution in [2.24, 2.45) is 17.6 Å². The second-order valence-corrected chi connectivity index (χ2v) is 27.4. The summed E-state index contributed by atoms with van der Waals surface area (Å²) >= 11 is 12.5. The van der Waals surface area contributed by atoms with E-state index in [1.54, 1.807) is 94.0 Å². The van der Waals surface area contributed by atoms with Crippen LogP contribution in [0.15, 0.2) is 82.6 Å². The van der Waals surface area contributed by atoms with Gasteiger partial charge in [0.1, 0.15) is 29.3 Å². The number of halogens is 9. The van der Waals surface area contributed by atoms with Crippen LogP contribution in [0.3, 0.4) is 0 Å². The third-order valence-corrected chi connectivity index (χ3v) is 18.4. The number of carbonyl (C=O) groups is 4. The molecule has 16 nitrogen and oxygen atoms in total. The fraction of sp³-hybridized carbons (Fsp3) is 0.493. The molecule has 0 spiro atoms. The molecule has 2 unspecified atom stereocenters. The molecule has 3 N–H and O–H groups in total. The Morgan fingerprint density at radius 2 is 0.990 bits per heavy atom. The minimum atomic E-state index is -4.67. The first-order valence-corrected chi connectivity index (χ1v) is 34.1. The van der Waals surface area contributed by atoms with Crippen LogP contribution in [0.2, 0.25) is 10.0 Å². The lowest BCUT2D eigenvalue weighted by atomic mass is 9.84. The molecule has 2 aromatic heterocycles. The van der Waals surface area contributed by atoms with Gasteiger partial charge in [0.15, 0.2) is 5.78 Å². The van der Waals surface area contributed by atoms with E-state index in [1.165, 1.54) is 41.0 Å². The number of alkyl halides is 3. The van der Waals surface area contributed by atoms with Gasteiger partial charge in [0.25, 0.3) is 11.1 Å². The second-order valence-electron chi connectivity index (χ2n) is 26.6. The summed E-state index contributed by atoms with van der Waals surface area (Å²) in [6.07, 6.45) is -0.838. The second kappa shape index (κ2) is 36.6. The van der Waals surface area contributed by atoms with E-state index in [4.69, 9.17) is 47.9 Å². The lowest BCUT2D eigenvalue weighted by molar-refractivity contribution is -0.144. The normalized spacial score (nSPS) is 14.8. The van der Waals surface area contributed by atoms with Gasteiger partial charge in [0.2, 0.25) is 0 Å². The molecule has 6 aromatic rings. The average Bonchev–Trinajstić information content (AvgIpc) is 0.794. The third kappa shape index (κ3) is 21.9. The Hall–Kier alpha value is -7.25. The first kappa shape index (κ1) is 81.7. The number of nitrogens with two attached hydrogens (primary N) is 1. The van der Waals surface area contributed by atoms with Crippen LogP contribution < -0.4 is 16.9 Å². The maximum absolute atomic E-state index is 15.9. The molecule has 2 saturated heterocycles. The molecule has 100 heavy (non-hydrogen) atoms. The summed E-state index contributed by atoms with van der Waals surface area (Å²) in [4.78, 5) is 80.2. The Bertz CT molecular complexity index is 3950. The molecule has 4 heterocycles. The molecule has 25 heteroatoms. The number of esters is 2. The number of aromatic nitrogens is 2. The lowest BCUT2D eigenvalue weighted by Gasteiger charge is -2.38.